The van der Waals surface area contributed by atoms with Crippen molar-refractivity contribution >= 4 is 0 Å². The van der Waals surface area contributed by atoms with Crippen LogP contribution >= 0.6 is 0 Å². The first kappa shape index (κ1) is 23.5. The van der Waals surface area contributed by atoms with E-state index in [1.54, 1.807) is 11.1 Å². The second kappa shape index (κ2) is 14.2. The van der Waals surface area contributed by atoms with Gasteiger partial charge in [0.25, 0.3) is 0 Å². The van der Waals surface area contributed by atoms with E-state index in [0.29, 0.717) is 5.41 Å². The van der Waals surface area contributed by atoms with E-state index in [9.17, 15) is 0 Å². The van der Waals surface area contributed by atoms with Gasteiger partial charge in [-0.2, -0.15) is 0 Å². The van der Waals surface area contributed by atoms with Crippen molar-refractivity contribution < 1.29 is 0 Å². The molecule has 1 aromatic carbocycles. The van der Waals surface area contributed by atoms with Crippen LogP contribution in [0.4, 0.5) is 0 Å². The van der Waals surface area contributed by atoms with Gasteiger partial charge in [0.05, 0.1) is 0 Å². The van der Waals surface area contributed by atoms with Gasteiger partial charge in [-0.05, 0) is 48.6 Å². The number of hydrogen-bond donors (Lipinski definition) is 0. The Balaban J connectivity index is 1.85. The van der Waals surface area contributed by atoms with Crippen LogP contribution in [0.15, 0.2) is 24.3 Å². The van der Waals surface area contributed by atoms with Crippen LogP contribution in [-0.4, -0.2) is 0 Å². The minimum absolute atomic E-state index is 0.502. The highest BCUT2D eigenvalue weighted by Gasteiger charge is 2.35. The van der Waals surface area contributed by atoms with Crippen LogP contribution in [0, 0.1) is 0 Å². The maximum Gasteiger partial charge on any atom is -0.00441 e. The zero-order valence-electron chi connectivity index (χ0n) is 19.2. The van der Waals surface area contributed by atoms with Crippen LogP contribution in [0.25, 0.3) is 0 Å². The third-order valence-electron chi connectivity index (χ3n) is 7.21. The molecule has 2 rings (SSSR count). The highest BCUT2D eigenvalue weighted by atomic mass is 14.4. The Hall–Kier alpha value is -0.780. The molecule has 0 fully saturated rings. The van der Waals surface area contributed by atoms with Crippen molar-refractivity contribution in [2.45, 2.75) is 141 Å². The molecule has 28 heavy (non-hydrogen) atoms. The Kier molecular flexibility index (Phi) is 12.0. The predicted molar refractivity (Wildman–Crippen MR) is 126 cm³/mol. The molecule has 0 saturated carbocycles. The number of fused-ring (bicyclic) bond motifs is 1. The molecule has 0 atom stereocenters. The summed E-state index contributed by atoms with van der Waals surface area (Å²) >= 11 is 0. The molecule has 160 valence electrons. The van der Waals surface area contributed by atoms with E-state index in [1.165, 1.54) is 122 Å². The molecule has 1 aliphatic carbocycles. The van der Waals surface area contributed by atoms with E-state index >= 15 is 0 Å². The second-order valence-corrected chi connectivity index (χ2v) is 9.53. The monoisotopic (exact) mass is 384 g/mol. The Morgan fingerprint density at radius 3 is 1.71 bits per heavy atom. The van der Waals surface area contributed by atoms with E-state index in [2.05, 4.69) is 38.1 Å². The largest absolute Gasteiger partial charge is 0.0654 e. The van der Waals surface area contributed by atoms with Crippen LogP contribution in [0.5, 0.6) is 0 Å². The Bertz CT molecular complexity index is 483. The van der Waals surface area contributed by atoms with Crippen LogP contribution in [0.3, 0.4) is 0 Å². The molecule has 0 heterocycles. The zero-order chi connectivity index (χ0) is 19.9. The highest BCUT2D eigenvalue weighted by Crippen LogP contribution is 2.45. The number of aryl methyl sites for hydroxylation is 1. The summed E-state index contributed by atoms with van der Waals surface area (Å²) in [4.78, 5) is 0. The minimum atomic E-state index is 0.502. The second-order valence-electron chi connectivity index (χ2n) is 9.53. The summed E-state index contributed by atoms with van der Waals surface area (Å²) in [5, 5.41) is 0. The van der Waals surface area contributed by atoms with E-state index in [0.717, 1.165) is 0 Å². The third-order valence-corrected chi connectivity index (χ3v) is 7.21. The van der Waals surface area contributed by atoms with Crippen molar-refractivity contribution in [2.75, 3.05) is 0 Å². The molecule has 0 aromatic heterocycles. The van der Waals surface area contributed by atoms with Crippen molar-refractivity contribution in [1.82, 2.24) is 0 Å². The topological polar surface area (TPSA) is 0 Å². The van der Waals surface area contributed by atoms with Crippen LogP contribution < -0.4 is 0 Å². The highest BCUT2D eigenvalue weighted by molar-refractivity contribution is 5.36. The van der Waals surface area contributed by atoms with E-state index in [4.69, 9.17) is 0 Å². The van der Waals surface area contributed by atoms with Gasteiger partial charge in [0.2, 0.25) is 0 Å². The first-order valence-corrected chi connectivity index (χ1v) is 12.9. The minimum Gasteiger partial charge on any atom is -0.0654 e. The summed E-state index contributed by atoms with van der Waals surface area (Å²) in [6.45, 7) is 4.63. The molecule has 0 amide bonds. The fourth-order valence-corrected chi connectivity index (χ4v) is 5.49. The quantitative estimate of drug-likeness (QED) is 0.249. The maximum absolute atomic E-state index is 2.48. The fourth-order valence-electron chi connectivity index (χ4n) is 5.49. The lowest BCUT2D eigenvalue weighted by Crippen LogP contribution is -2.31. The lowest BCUT2D eigenvalue weighted by molar-refractivity contribution is 0.288. The molecule has 0 nitrogen and oxygen atoms in total. The van der Waals surface area contributed by atoms with Gasteiger partial charge >= 0.3 is 0 Å². The number of hydrogen-bond acceptors (Lipinski definition) is 0. The van der Waals surface area contributed by atoms with E-state index < -0.39 is 0 Å². The van der Waals surface area contributed by atoms with Gasteiger partial charge in [-0.3, -0.25) is 0 Å². The lowest BCUT2D eigenvalue weighted by Gasteiger charge is -2.40. The van der Waals surface area contributed by atoms with Gasteiger partial charge in [0.1, 0.15) is 0 Å². The van der Waals surface area contributed by atoms with E-state index in [-0.39, 0.29) is 0 Å². The third kappa shape index (κ3) is 7.92. The number of benzene rings is 1. The van der Waals surface area contributed by atoms with Crippen molar-refractivity contribution in [3.05, 3.63) is 35.4 Å². The molecule has 0 radical (unpaired) electrons. The summed E-state index contributed by atoms with van der Waals surface area (Å²) in [6, 6.07) is 9.46. The Morgan fingerprint density at radius 1 is 0.643 bits per heavy atom. The molecule has 1 aromatic rings. The molecule has 0 N–H and O–H groups in total. The summed E-state index contributed by atoms with van der Waals surface area (Å²) < 4.78 is 0. The van der Waals surface area contributed by atoms with Crippen LogP contribution in [0.2, 0.25) is 0 Å². The van der Waals surface area contributed by atoms with Crippen molar-refractivity contribution in [3.8, 4) is 0 Å². The lowest BCUT2D eigenvalue weighted by atomic mass is 9.64. The zero-order valence-corrected chi connectivity index (χ0v) is 19.2. The standard InChI is InChI=1S/C28H48/c1-3-5-7-9-11-13-17-23-28(24-18-14-12-10-8-6-4-2)25-19-21-26-20-15-16-22-27(26)28/h15-16,20,22H,3-14,17-19,21,23-25H2,1-2H3. The van der Waals surface area contributed by atoms with Gasteiger partial charge in [-0.25, -0.2) is 0 Å². The summed E-state index contributed by atoms with van der Waals surface area (Å²) in [5.74, 6) is 0. The molecular weight excluding hydrogens is 336 g/mol. The van der Waals surface area contributed by atoms with Crippen LogP contribution in [0.1, 0.15) is 141 Å². The van der Waals surface area contributed by atoms with Gasteiger partial charge < -0.3 is 0 Å². The average Bonchev–Trinajstić information content (AvgIpc) is 2.73. The Labute approximate surface area is 176 Å². The molecule has 0 heteroatoms. The smallest absolute Gasteiger partial charge is 0.00441 e. The first-order valence-electron chi connectivity index (χ1n) is 12.9. The van der Waals surface area contributed by atoms with Crippen molar-refractivity contribution in [1.29, 1.82) is 0 Å². The molecule has 0 bridgehead atoms. The predicted octanol–water partition coefficient (Wildman–Crippen LogP) is 9.54. The first-order chi connectivity index (χ1) is 13.8. The van der Waals surface area contributed by atoms with Gasteiger partial charge in [-0.1, -0.05) is 128 Å². The van der Waals surface area contributed by atoms with Gasteiger partial charge in [-0.15, -0.1) is 0 Å². The van der Waals surface area contributed by atoms with Crippen molar-refractivity contribution in [2.24, 2.45) is 0 Å². The summed E-state index contributed by atoms with van der Waals surface area (Å²) in [7, 11) is 0. The summed E-state index contributed by atoms with van der Waals surface area (Å²) in [6.07, 6.45) is 27.1. The van der Waals surface area contributed by atoms with E-state index in [1.807, 2.05) is 0 Å². The fraction of sp³-hybridized carbons (Fsp3) is 0.786. The average molecular weight is 385 g/mol. The van der Waals surface area contributed by atoms with Gasteiger partial charge in [0, 0.05) is 0 Å². The molecule has 0 spiro atoms. The molecule has 0 saturated heterocycles. The maximum atomic E-state index is 2.48. The van der Waals surface area contributed by atoms with Gasteiger partial charge in [0.15, 0.2) is 0 Å². The molecule has 1 aliphatic rings. The van der Waals surface area contributed by atoms with Crippen LogP contribution in [-0.2, 0) is 11.8 Å². The number of rotatable bonds is 16. The number of unbranched alkanes of at least 4 members (excludes halogenated alkanes) is 12. The Morgan fingerprint density at radius 2 is 1.14 bits per heavy atom. The molecule has 0 aliphatic heterocycles. The summed E-state index contributed by atoms with van der Waals surface area (Å²) in [5.41, 5.74) is 3.90. The molecular formula is C28H48. The van der Waals surface area contributed by atoms with Crippen molar-refractivity contribution in [3.63, 3.8) is 0 Å². The SMILES string of the molecule is CCCCCCCCCC1(CCCCCCCCC)CCCc2ccccc21. The normalized spacial score (nSPS) is 15.5. The molecule has 0 unspecified atom stereocenters.